The van der Waals surface area contributed by atoms with Crippen LogP contribution < -0.4 is 0 Å². The maximum atomic E-state index is 13.2. The molecule has 0 aliphatic rings. The predicted molar refractivity (Wildman–Crippen MR) is 85.6 cm³/mol. The summed E-state index contributed by atoms with van der Waals surface area (Å²) in [7, 11) is 0. The number of H-pyrrole nitrogens is 1. The minimum Gasteiger partial charge on any atom is -0.345 e. The highest BCUT2D eigenvalue weighted by Crippen LogP contribution is 2.27. The van der Waals surface area contributed by atoms with E-state index in [4.69, 9.17) is 0 Å². The Morgan fingerprint density at radius 3 is 2.64 bits per heavy atom. The van der Waals surface area contributed by atoms with Crippen LogP contribution in [0.5, 0.6) is 0 Å². The van der Waals surface area contributed by atoms with Crippen molar-refractivity contribution in [1.82, 2.24) is 14.5 Å². The minimum absolute atomic E-state index is 0.225. The Labute approximate surface area is 127 Å². The number of rotatable bonds is 2. The average molecular weight is 291 g/mol. The molecular formula is C18H14FN3. The van der Waals surface area contributed by atoms with Gasteiger partial charge in [-0.15, -0.1) is 0 Å². The number of fused-ring (bicyclic) bond motifs is 1. The highest BCUT2D eigenvalue weighted by Gasteiger charge is 2.10. The van der Waals surface area contributed by atoms with Crippen LogP contribution in [-0.2, 0) is 0 Å². The van der Waals surface area contributed by atoms with Crippen LogP contribution in [0.1, 0.15) is 5.69 Å². The minimum atomic E-state index is -0.225. The molecule has 1 N–H and O–H groups in total. The van der Waals surface area contributed by atoms with E-state index in [1.165, 1.54) is 12.1 Å². The average Bonchev–Trinajstić information content (AvgIpc) is 3.13. The second kappa shape index (κ2) is 4.84. The van der Waals surface area contributed by atoms with Gasteiger partial charge in [0.15, 0.2) is 0 Å². The molecule has 0 fully saturated rings. The number of benzene rings is 2. The molecule has 4 rings (SSSR count). The fourth-order valence-corrected chi connectivity index (χ4v) is 2.79. The van der Waals surface area contributed by atoms with Gasteiger partial charge >= 0.3 is 0 Å². The first kappa shape index (κ1) is 12.8. The second-order valence-electron chi connectivity index (χ2n) is 5.31. The third-order valence-electron chi connectivity index (χ3n) is 3.88. The normalized spacial score (nSPS) is 11.2. The van der Waals surface area contributed by atoms with Crippen LogP contribution in [-0.4, -0.2) is 14.5 Å². The molecule has 2 aromatic heterocycles. The van der Waals surface area contributed by atoms with Gasteiger partial charge in [0.25, 0.3) is 0 Å². The van der Waals surface area contributed by atoms with Crippen molar-refractivity contribution in [3.63, 3.8) is 0 Å². The Morgan fingerprint density at radius 1 is 1.00 bits per heavy atom. The topological polar surface area (TPSA) is 33.6 Å². The van der Waals surface area contributed by atoms with E-state index in [1.807, 2.05) is 12.1 Å². The van der Waals surface area contributed by atoms with Crippen LogP contribution in [0.15, 0.2) is 60.9 Å². The predicted octanol–water partition coefficient (Wildman–Crippen LogP) is 4.47. The smallest absolute Gasteiger partial charge is 0.123 e. The number of hydrogen-bond donors (Lipinski definition) is 1. The standard InChI is InChI=1S/C18H14FN3/c1-12-2-9-18(13-3-5-14(19)6-4-13)22(12)15-7-8-16-17(10-15)21-11-20-16/h2-11H,1H3,(H,20,21). The molecule has 22 heavy (non-hydrogen) atoms. The zero-order valence-electron chi connectivity index (χ0n) is 12.0. The van der Waals surface area contributed by atoms with Gasteiger partial charge < -0.3 is 9.55 Å². The third kappa shape index (κ3) is 2.00. The van der Waals surface area contributed by atoms with Crippen LogP contribution in [0.4, 0.5) is 4.39 Å². The molecule has 0 saturated carbocycles. The first-order valence-electron chi connectivity index (χ1n) is 7.10. The zero-order chi connectivity index (χ0) is 15.1. The lowest BCUT2D eigenvalue weighted by atomic mass is 10.1. The van der Waals surface area contributed by atoms with E-state index in [0.29, 0.717) is 0 Å². The monoisotopic (exact) mass is 291 g/mol. The number of aromatic nitrogens is 3. The lowest BCUT2D eigenvalue weighted by molar-refractivity contribution is 0.628. The van der Waals surface area contributed by atoms with Gasteiger partial charge in [0.2, 0.25) is 0 Å². The van der Waals surface area contributed by atoms with Gasteiger partial charge in [-0.1, -0.05) is 0 Å². The maximum Gasteiger partial charge on any atom is 0.123 e. The van der Waals surface area contributed by atoms with E-state index >= 15 is 0 Å². The van der Waals surface area contributed by atoms with Gasteiger partial charge in [0, 0.05) is 11.4 Å². The Kier molecular flexibility index (Phi) is 2.82. The van der Waals surface area contributed by atoms with E-state index in [2.05, 4.69) is 39.7 Å². The second-order valence-corrected chi connectivity index (χ2v) is 5.31. The van der Waals surface area contributed by atoms with Crippen molar-refractivity contribution in [3.8, 4) is 16.9 Å². The highest BCUT2D eigenvalue weighted by molar-refractivity contribution is 5.78. The SMILES string of the molecule is Cc1ccc(-c2ccc(F)cc2)n1-c1ccc2nc[nH]c2c1. The number of halogens is 1. The van der Waals surface area contributed by atoms with Crippen molar-refractivity contribution < 1.29 is 4.39 Å². The molecule has 2 aromatic carbocycles. The molecule has 0 aliphatic carbocycles. The Bertz CT molecular complexity index is 948. The van der Waals surface area contributed by atoms with Crippen molar-refractivity contribution in [1.29, 1.82) is 0 Å². The summed E-state index contributed by atoms with van der Waals surface area (Å²) < 4.78 is 15.3. The van der Waals surface area contributed by atoms with E-state index in [0.717, 1.165) is 33.7 Å². The van der Waals surface area contributed by atoms with Gasteiger partial charge in [0.1, 0.15) is 5.82 Å². The summed E-state index contributed by atoms with van der Waals surface area (Å²) in [6.45, 7) is 2.06. The lowest BCUT2D eigenvalue weighted by Crippen LogP contribution is -1.99. The van der Waals surface area contributed by atoms with Gasteiger partial charge in [-0.2, -0.15) is 0 Å². The van der Waals surface area contributed by atoms with Crippen LogP contribution in [0.2, 0.25) is 0 Å². The molecule has 0 saturated heterocycles. The molecule has 4 aromatic rings. The number of imidazole rings is 1. The molecule has 0 atom stereocenters. The summed E-state index contributed by atoms with van der Waals surface area (Å²) in [4.78, 5) is 7.38. The highest BCUT2D eigenvalue weighted by atomic mass is 19.1. The summed E-state index contributed by atoms with van der Waals surface area (Å²) in [5, 5.41) is 0. The molecule has 0 spiro atoms. The summed E-state index contributed by atoms with van der Waals surface area (Å²) in [5.74, 6) is -0.225. The van der Waals surface area contributed by atoms with Gasteiger partial charge in [-0.3, -0.25) is 0 Å². The summed E-state index contributed by atoms with van der Waals surface area (Å²) >= 11 is 0. The van der Waals surface area contributed by atoms with Gasteiger partial charge in [0.05, 0.1) is 23.1 Å². The summed E-state index contributed by atoms with van der Waals surface area (Å²) in [6, 6.07) is 16.8. The maximum absolute atomic E-state index is 13.2. The number of aromatic amines is 1. The van der Waals surface area contributed by atoms with Crippen molar-refractivity contribution in [2.24, 2.45) is 0 Å². The molecule has 4 heteroatoms. The molecule has 0 amide bonds. The zero-order valence-corrected chi connectivity index (χ0v) is 12.0. The molecule has 0 radical (unpaired) electrons. The Balaban J connectivity index is 1.91. The number of aryl methyl sites for hydroxylation is 1. The van der Waals surface area contributed by atoms with Crippen molar-refractivity contribution in [3.05, 3.63) is 72.4 Å². The van der Waals surface area contributed by atoms with Crippen LogP contribution >= 0.6 is 0 Å². The fourth-order valence-electron chi connectivity index (χ4n) is 2.79. The van der Waals surface area contributed by atoms with Gasteiger partial charge in [-0.05, 0) is 67.1 Å². The van der Waals surface area contributed by atoms with Crippen LogP contribution in [0, 0.1) is 12.7 Å². The number of nitrogens with one attached hydrogen (secondary N) is 1. The molecule has 0 unspecified atom stereocenters. The summed E-state index contributed by atoms with van der Waals surface area (Å²) in [6.07, 6.45) is 1.69. The van der Waals surface area contributed by atoms with Crippen LogP contribution in [0.3, 0.4) is 0 Å². The molecule has 3 nitrogen and oxygen atoms in total. The molecular weight excluding hydrogens is 277 g/mol. The van der Waals surface area contributed by atoms with E-state index in [9.17, 15) is 4.39 Å². The molecule has 2 heterocycles. The first-order chi connectivity index (χ1) is 10.7. The number of hydrogen-bond acceptors (Lipinski definition) is 1. The Hall–Kier alpha value is -2.88. The first-order valence-corrected chi connectivity index (χ1v) is 7.10. The third-order valence-corrected chi connectivity index (χ3v) is 3.88. The Morgan fingerprint density at radius 2 is 1.82 bits per heavy atom. The van der Waals surface area contributed by atoms with E-state index < -0.39 is 0 Å². The van der Waals surface area contributed by atoms with E-state index in [-0.39, 0.29) is 5.82 Å². The van der Waals surface area contributed by atoms with Crippen molar-refractivity contribution >= 4 is 11.0 Å². The van der Waals surface area contributed by atoms with Crippen molar-refractivity contribution in [2.75, 3.05) is 0 Å². The largest absolute Gasteiger partial charge is 0.345 e. The van der Waals surface area contributed by atoms with E-state index in [1.54, 1.807) is 18.5 Å². The molecule has 0 bridgehead atoms. The molecule has 0 aliphatic heterocycles. The van der Waals surface area contributed by atoms with Crippen LogP contribution in [0.25, 0.3) is 28.0 Å². The van der Waals surface area contributed by atoms with Gasteiger partial charge in [-0.25, -0.2) is 9.37 Å². The lowest BCUT2D eigenvalue weighted by Gasteiger charge is -2.12. The summed E-state index contributed by atoms with van der Waals surface area (Å²) in [5.41, 5.74) is 6.14. The fraction of sp³-hybridized carbons (Fsp3) is 0.0556. The quantitative estimate of drug-likeness (QED) is 0.581. The molecule has 108 valence electrons. The number of nitrogens with zero attached hydrogens (tertiary/aromatic N) is 2. The van der Waals surface area contributed by atoms with Crippen molar-refractivity contribution in [2.45, 2.75) is 6.92 Å².